The summed E-state index contributed by atoms with van der Waals surface area (Å²) in [6.07, 6.45) is 0. The SMILES string of the molecule is CC(Br)CN(CC(C)Br)c1c(C(=O)NCCO)cc([N+](=O)[O-])cc1[N+](=O)[O-]. The Balaban J connectivity index is 3.70. The van der Waals surface area contributed by atoms with Crippen LogP contribution >= 0.6 is 31.9 Å². The minimum atomic E-state index is -0.788. The maximum atomic E-state index is 12.5. The van der Waals surface area contributed by atoms with E-state index in [4.69, 9.17) is 5.11 Å². The second-order valence-corrected chi connectivity index (χ2v) is 8.95. The molecule has 0 aliphatic rings. The summed E-state index contributed by atoms with van der Waals surface area (Å²) in [6, 6.07) is 1.86. The number of nitrogens with zero attached hydrogens (tertiary/aromatic N) is 3. The van der Waals surface area contributed by atoms with Gasteiger partial charge in [-0.2, -0.15) is 0 Å². The van der Waals surface area contributed by atoms with Crippen LogP contribution in [0.5, 0.6) is 0 Å². The molecule has 0 bridgehead atoms. The van der Waals surface area contributed by atoms with Gasteiger partial charge in [-0.3, -0.25) is 25.0 Å². The first kappa shape index (κ1) is 23.2. The zero-order valence-corrected chi connectivity index (χ0v) is 17.9. The molecule has 0 aliphatic heterocycles. The zero-order chi connectivity index (χ0) is 20.7. The molecular weight excluding hydrogens is 492 g/mol. The van der Waals surface area contributed by atoms with E-state index in [1.54, 1.807) is 4.90 Å². The number of aliphatic hydroxyl groups is 1. The van der Waals surface area contributed by atoms with Crippen molar-refractivity contribution in [2.24, 2.45) is 0 Å². The average molecular weight is 512 g/mol. The van der Waals surface area contributed by atoms with Gasteiger partial charge in [0.1, 0.15) is 5.69 Å². The van der Waals surface area contributed by atoms with E-state index in [0.29, 0.717) is 13.1 Å². The van der Waals surface area contributed by atoms with Gasteiger partial charge in [0.15, 0.2) is 0 Å². The third-order valence-corrected chi connectivity index (χ3v) is 3.96. The molecule has 12 heteroatoms. The van der Waals surface area contributed by atoms with Crippen molar-refractivity contribution in [3.63, 3.8) is 0 Å². The maximum Gasteiger partial charge on any atom is 0.300 e. The second kappa shape index (κ2) is 10.5. The number of nitro groups is 2. The fourth-order valence-electron chi connectivity index (χ4n) is 2.48. The average Bonchev–Trinajstić information content (AvgIpc) is 2.56. The number of hydrogen-bond acceptors (Lipinski definition) is 7. The highest BCUT2D eigenvalue weighted by Crippen LogP contribution is 2.37. The number of carbonyl (C=O) groups is 1. The Kier molecular flexibility index (Phi) is 9.06. The van der Waals surface area contributed by atoms with E-state index in [2.05, 4.69) is 37.2 Å². The molecule has 0 aromatic heterocycles. The summed E-state index contributed by atoms with van der Waals surface area (Å²) in [7, 11) is 0. The van der Waals surface area contributed by atoms with E-state index in [0.717, 1.165) is 12.1 Å². The van der Waals surface area contributed by atoms with Crippen LogP contribution in [0.1, 0.15) is 24.2 Å². The third kappa shape index (κ3) is 6.70. The van der Waals surface area contributed by atoms with Crippen LogP contribution in [0.3, 0.4) is 0 Å². The number of aliphatic hydroxyl groups excluding tert-OH is 1. The number of halogens is 2. The number of benzene rings is 1. The first-order chi connectivity index (χ1) is 12.6. The topological polar surface area (TPSA) is 139 Å². The van der Waals surface area contributed by atoms with Crippen LogP contribution in [0, 0.1) is 20.2 Å². The molecule has 2 atom stereocenters. The van der Waals surface area contributed by atoms with Crippen molar-refractivity contribution < 1.29 is 19.7 Å². The number of anilines is 1. The Morgan fingerprint density at radius 3 is 2.15 bits per heavy atom. The van der Waals surface area contributed by atoms with E-state index < -0.39 is 27.1 Å². The lowest BCUT2D eigenvalue weighted by Crippen LogP contribution is -2.36. The predicted octanol–water partition coefficient (Wildman–Crippen LogP) is 2.60. The fourth-order valence-corrected chi connectivity index (χ4v) is 3.18. The fraction of sp³-hybridized carbons (Fsp3) is 0.533. The van der Waals surface area contributed by atoms with Gasteiger partial charge in [-0.15, -0.1) is 0 Å². The van der Waals surface area contributed by atoms with Crippen molar-refractivity contribution in [1.82, 2.24) is 5.32 Å². The van der Waals surface area contributed by atoms with Crippen molar-refractivity contribution in [2.45, 2.75) is 23.5 Å². The molecule has 2 unspecified atom stereocenters. The molecule has 0 fully saturated rings. The van der Waals surface area contributed by atoms with Gasteiger partial charge in [0, 0.05) is 35.4 Å². The molecule has 27 heavy (non-hydrogen) atoms. The monoisotopic (exact) mass is 510 g/mol. The lowest BCUT2D eigenvalue weighted by Gasteiger charge is -2.28. The zero-order valence-electron chi connectivity index (χ0n) is 14.7. The number of nitrogens with one attached hydrogen (secondary N) is 1. The summed E-state index contributed by atoms with van der Waals surface area (Å²) in [4.78, 5) is 35.3. The molecular formula is C15H20Br2N4O6. The summed E-state index contributed by atoms with van der Waals surface area (Å²) in [5, 5.41) is 34.1. The van der Waals surface area contributed by atoms with Crippen LogP contribution in [0.2, 0.25) is 0 Å². The maximum absolute atomic E-state index is 12.5. The summed E-state index contributed by atoms with van der Waals surface area (Å²) in [5.41, 5.74) is -1.28. The van der Waals surface area contributed by atoms with Crippen molar-refractivity contribution in [2.75, 3.05) is 31.1 Å². The first-order valence-corrected chi connectivity index (χ1v) is 9.80. The molecule has 2 N–H and O–H groups in total. The lowest BCUT2D eigenvalue weighted by atomic mass is 10.1. The summed E-state index contributed by atoms with van der Waals surface area (Å²) in [6.45, 7) is 3.92. The molecule has 1 rings (SSSR count). The highest BCUT2D eigenvalue weighted by molar-refractivity contribution is 9.09. The van der Waals surface area contributed by atoms with Gasteiger partial charge in [-0.25, -0.2) is 0 Å². The van der Waals surface area contributed by atoms with Crippen molar-refractivity contribution in [1.29, 1.82) is 0 Å². The largest absolute Gasteiger partial charge is 0.395 e. The van der Waals surface area contributed by atoms with Crippen molar-refractivity contribution in [3.8, 4) is 0 Å². The normalized spacial score (nSPS) is 12.9. The molecule has 150 valence electrons. The standard InChI is InChI=1S/C15H20Br2N4O6/c1-9(16)7-19(8-10(2)17)14-12(15(23)18-3-4-22)5-11(20(24)25)6-13(14)21(26)27/h5-6,9-10,22H,3-4,7-8H2,1-2H3,(H,18,23). The molecule has 0 spiro atoms. The summed E-state index contributed by atoms with van der Waals surface area (Å²) in [5.74, 6) is -0.736. The van der Waals surface area contributed by atoms with Gasteiger partial charge >= 0.3 is 0 Å². The van der Waals surface area contributed by atoms with Crippen molar-refractivity contribution >= 4 is 54.8 Å². The van der Waals surface area contributed by atoms with Crippen LogP contribution in [0.4, 0.5) is 17.1 Å². The number of carbonyl (C=O) groups excluding carboxylic acids is 1. The number of rotatable bonds is 10. The van der Waals surface area contributed by atoms with Crippen molar-refractivity contribution in [3.05, 3.63) is 37.9 Å². The number of alkyl halides is 2. The van der Waals surface area contributed by atoms with Crippen LogP contribution in [-0.2, 0) is 0 Å². The number of amides is 1. The van der Waals surface area contributed by atoms with E-state index in [1.807, 2.05) is 13.8 Å². The molecule has 0 saturated heterocycles. The highest BCUT2D eigenvalue weighted by atomic mass is 79.9. The van der Waals surface area contributed by atoms with Gasteiger partial charge < -0.3 is 15.3 Å². The van der Waals surface area contributed by atoms with E-state index in [1.165, 1.54) is 0 Å². The van der Waals surface area contributed by atoms with E-state index >= 15 is 0 Å². The van der Waals surface area contributed by atoms with E-state index in [-0.39, 0.29) is 34.1 Å². The number of nitro benzene ring substituents is 2. The molecule has 10 nitrogen and oxygen atoms in total. The number of hydrogen-bond donors (Lipinski definition) is 2. The van der Waals surface area contributed by atoms with Crippen LogP contribution in [0.15, 0.2) is 12.1 Å². The van der Waals surface area contributed by atoms with Gasteiger partial charge in [-0.05, 0) is 0 Å². The molecule has 0 saturated carbocycles. The summed E-state index contributed by atoms with van der Waals surface area (Å²) >= 11 is 6.79. The quantitative estimate of drug-likeness (QED) is 0.279. The first-order valence-electron chi connectivity index (χ1n) is 7.97. The molecule has 1 aromatic rings. The summed E-state index contributed by atoms with van der Waals surface area (Å²) < 4.78 is 0. The van der Waals surface area contributed by atoms with Crippen LogP contribution in [-0.4, -0.2) is 56.8 Å². The highest BCUT2D eigenvalue weighted by Gasteiger charge is 2.31. The molecule has 0 radical (unpaired) electrons. The Morgan fingerprint density at radius 2 is 1.74 bits per heavy atom. The van der Waals surface area contributed by atoms with E-state index in [9.17, 15) is 25.0 Å². The van der Waals surface area contributed by atoms with Gasteiger partial charge in [0.05, 0.1) is 28.1 Å². The molecule has 0 aliphatic carbocycles. The third-order valence-electron chi connectivity index (χ3n) is 3.38. The molecule has 1 aromatic carbocycles. The lowest BCUT2D eigenvalue weighted by molar-refractivity contribution is -0.393. The minimum absolute atomic E-state index is 0.00126. The number of non-ortho nitro benzene ring substituents is 1. The van der Waals surface area contributed by atoms with Crippen LogP contribution in [0.25, 0.3) is 0 Å². The molecule has 1 amide bonds. The molecule has 0 heterocycles. The Bertz CT molecular complexity index is 704. The van der Waals surface area contributed by atoms with Gasteiger partial charge in [-0.1, -0.05) is 45.7 Å². The second-order valence-electron chi connectivity index (χ2n) is 5.82. The van der Waals surface area contributed by atoms with Gasteiger partial charge in [0.2, 0.25) is 0 Å². The predicted molar refractivity (Wildman–Crippen MR) is 108 cm³/mol. The smallest absolute Gasteiger partial charge is 0.300 e. The van der Waals surface area contributed by atoms with Crippen LogP contribution < -0.4 is 10.2 Å². The minimum Gasteiger partial charge on any atom is -0.395 e. The Morgan fingerprint density at radius 1 is 1.19 bits per heavy atom. The van der Waals surface area contributed by atoms with Gasteiger partial charge in [0.25, 0.3) is 17.3 Å². The Labute approximate surface area is 172 Å². The Hall–Kier alpha value is -1.79.